The molecule has 3 N–H and O–H groups in total. The van der Waals surface area contributed by atoms with Crippen molar-refractivity contribution in [3.05, 3.63) is 65.9 Å². The van der Waals surface area contributed by atoms with Crippen molar-refractivity contribution in [2.45, 2.75) is 38.1 Å². The molecular weight excluding hydrogens is 476 g/mol. The van der Waals surface area contributed by atoms with Gasteiger partial charge in [0, 0.05) is 48.6 Å². The first-order chi connectivity index (χ1) is 17.2. The highest BCUT2D eigenvalue weighted by Crippen LogP contribution is 2.33. The van der Waals surface area contributed by atoms with Crippen molar-refractivity contribution >= 4 is 22.4 Å². The minimum Gasteiger partial charge on any atom is -0.389 e. The number of aryl methyl sites for hydroxylation is 1. The van der Waals surface area contributed by atoms with Gasteiger partial charge in [-0.25, -0.2) is 4.98 Å². The number of thiazole rings is 1. The Bertz CT molecular complexity index is 1360. The highest BCUT2D eigenvalue weighted by atomic mass is 32.1. The molecular formula is C26H30N6O3S. The third kappa shape index (κ3) is 5.51. The van der Waals surface area contributed by atoms with Gasteiger partial charge in [0.05, 0.1) is 42.2 Å². The van der Waals surface area contributed by atoms with Crippen LogP contribution in [-0.4, -0.2) is 54.8 Å². The second kappa shape index (κ2) is 9.53. The number of carbonyl (C=O) groups excluding carboxylic acids is 1. The lowest BCUT2D eigenvalue weighted by Gasteiger charge is -2.42. The number of ether oxygens (including phenoxy) is 1. The van der Waals surface area contributed by atoms with Gasteiger partial charge >= 0.3 is 0 Å². The molecule has 0 saturated carbocycles. The summed E-state index contributed by atoms with van der Waals surface area (Å²) in [6.45, 7) is 4.81. The van der Waals surface area contributed by atoms with E-state index in [4.69, 9.17) is 9.72 Å². The fourth-order valence-electron chi connectivity index (χ4n) is 4.14. The summed E-state index contributed by atoms with van der Waals surface area (Å²) in [7, 11) is 1.90. The minimum atomic E-state index is -0.854. The molecule has 10 heteroatoms. The molecule has 0 bridgehead atoms. The molecule has 9 nitrogen and oxygen atoms in total. The first-order valence-electron chi connectivity index (χ1n) is 11.8. The predicted molar refractivity (Wildman–Crippen MR) is 140 cm³/mol. The average Bonchev–Trinajstić information content (AvgIpc) is 3.56. The van der Waals surface area contributed by atoms with Gasteiger partial charge in [-0.1, -0.05) is 18.2 Å². The van der Waals surface area contributed by atoms with E-state index in [2.05, 4.69) is 21.8 Å². The van der Waals surface area contributed by atoms with E-state index in [-0.39, 0.29) is 5.91 Å². The number of amides is 1. The van der Waals surface area contributed by atoms with Gasteiger partial charge in [-0.2, -0.15) is 5.10 Å². The van der Waals surface area contributed by atoms with Crippen LogP contribution >= 0.6 is 11.3 Å². The maximum absolute atomic E-state index is 12.7. The van der Waals surface area contributed by atoms with Crippen molar-refractivity contribution in [2.24, 2.45) is 7.05 Å². The van der Waals surface area contributed by atoms with E-state index in [0.717, 1.165) is 34.1 Å². The fourth-order valence-corrected chi connectivity index (χ4v) is 4.95. The zero-order valence-corrected chi connectivity index (χ0v) is 21.4. The Labute approximate surface area is 213 Å². The molecule has 4 aromatic rings. The SMILES string of the molecule is Cn1ccc(-c2cccc(-c3csc(NC4(CNC(=O)c5ccn(CC(C)(C)O)c5)CCO4)n3)c2)n1. The number of rotatable bonds is 9. The first kappa shape index (κ1) is 24.2. The van der Waals surface area contributed by atoms with Crippen molar-refractivity contribution in [3.8, 4) is 22.5 Å². The number of anilines is 1. The van der Waals surface area contributed by atoms with Crippen LogP contribution in [0.25, 0.3) is 22.5 Å². The lowest BCUT2D eigenvalue weighted by atomic mass is 10.1. The lowest BCUT2D eigenvalue weighted by Crippen LogP contribution is -2.57. The van der Waals surface area contributed by atoms with E-state index in [1.807, 2.05) is 47.5 Å². The average molecular weight is 507 g/mol. The van der Waals surface area contributed by atoms with Crippen molar-refractivity contribution < 1.29 is 14.6 Å². The number of nitrogens with zero attached hydrogens (tertiary/aromatic N) is 4. The Kier molecular flexibility index (Phi) is 6.42. The molecule has 5 rings (SSSR count). The molecule has 1 aliphatic heterocycles. The second-order valence-corrected chi connectivity index (χ2v) is 10.6. The number of hydrogen-bond donors (Lipinski definition) is 3. The van der Waals surface area contributed by atoms with Crippen LogP contribution in [0.4, 0.5) is 5.13 Å². The normalized spacial score (nSPS) is 17.6. The van der Waals surface area contributed by atoms with Gasteiger partial charge in [0.1, 0.15) is 0 Å². The van der Waals surface area contributed by atoms with Crippen LogP contribution in [0, 0.1) is 0 Å². The first-order valence-corrected chi connectivity index (χ1v) is 12.7. The van der Waals surface area contributed by atoms with Gasteiger partial charge in [-0.15, -0.1) is 11.3 Å². The number of aliphatic hydroxyl groups is 1. The maximum Gasteiger partial charge on any atom is 0.252 e. The van der Waals surface area contributed by atoms with Gasteiger partial charge in [0.25, 0.3) is 5.91 Å². The molecule has 1 aliphatic rings. The molecule has 0 spiro atoms. The Morgan fingerprint density at radius 3 is 2.67 bits per heavy atom. The van der Waals surface area contributed by atoms with Gasteiger partial charge in [0.15, 0.2) is 10.9 Å². The molecule has 1 amide bonds. The Balaban J connectivity index is 1.23. The van der Waals surface area contributed by atoms with Crippen molar-refractivity contribution in [3.63, 3.8) is 0 Å². The standard InChI is InChI=1S/C26H30N6O3S/c1-25(2,34)17-32-11-7-20(14-32)23(33)27-16-26(9-12-35-26)29-24-28-22(15-36-24)19-6-4-5-18(13-19)21-8-10-31(3)30-21/h4-8,10-11,13-15,34H,9,12,16-17H2,1-3H3,(H,27,33)(H,28,29). The molecule has 4 heterocycles. The molecule has 0 radical (unpaired) electrons. The fraction of sp³-hybridized carbons (Fsp3) is 0.346. The van der Waals surface area contributed by atoms with Crippen LogP contribution in [-0.2, 0) is 18.3 Å². The summed E-state index contributed by atoms with van der Waals surface area (Å²) < 4.78 is 9.46. The second-order valence-electron chi connectivity index (χ2n) is 9.78. The zero-order chi connectivity index (χ0) is 25.3. The monoisotopic (exact) mass is 506 g/mol. The summed E-state index contributed by atoms with van der Waals surface area (Å²) >= 11 is 1.50. The molecule has 1 unspecified atom stereocenters. The van der Waals surface area contributed by atoms with E-state index < -0.39 is 11.3 Å². The number of benzene rings is 1. The highest BCUT2D eigenvalue weighted by molar-refractivity contribution is 7.14. The molecule has 188 valence electrons. The van der Waals surface area contributed by atoms with Crippen molar-refractivity contribution in [2.75, 3.05) is 18.5 Å². The van der Waals surface area contributed by atoms with E-state index >= 15 is 0 Å². The smallest absolute Gasteiger partial charge is 0.252 e. The quantitative estimate of drug-likeness (QED) is 0.319. The van der Waals surface area contributed by atoms with E-state index in [1.165, 1.54) is 11.3 Å². The number of aromatic nitrogens is 4. The van der Waals surface area contributed by atoms with E-state index in [9.17, 15) is 9.90 Å². The van der Waals surface area contributed by atoms with E-state index in [0.29, 0.717) is 25.3 Å². The topological polar surface area (TPSA) is 106 Å². The van der Waals surface area contributed by atoms with Gasteiger partial charge < -0.3 is 25.0 Å². The molecule has 1 aromatic carbocycles. The van der Waals surface area contributed by atoms with Gasteiger partial charge in [-0.3, -0.25) is 9.48 Å². The third-order valence-corrected chi connectivity index (χ3v) is 6.77. The molecule has 1 atom stereocenters. The summed E-state index contributed by atoms with van der Waals surface area (Å²) in [6.07, 6.45) is 6.22. The number of nitrogens with one attached hydrogen (secondary N) is 2. The van der Waals surface area contributed by atoms with E-state index in [1.54, 1.807) is 37.0 Å². The zero-order valence-electron chi connectivity index (χ0n) is 20.6. The number of carbonyl (C=O) groups is 1. The largest absolute Gasteiger partial charge is 0.389 e. The molecule has 1 saturated heterocycles. The van der Waals surface area contributed by atoms with Crippen molar-refractivity contribution in [1.29, 1.82) is 0 Å². The predicted octanol–water partition coefficient (Wildman–Crippen LogP) is 3.74. The third-order valence-electron chi connectivity index (χ3n) is 6.01. The molecule has 1 fully saturated rings. The summed E-state index contributed by atoms with van der Waals surface area (Å²) in [5, 5.41) is 23.6. The summed E-state index contributed by atoms with van der Waals surface area (Å²) in [5.74, 6) is -0.188. The van der Waals surface area contributed by atoms with Crippen LogP contribution in [0.2, 0.25) is 0 Å². The van der Waals surface area contributed by atoms with Crippen LogP contribution < -0.4 is 10.6 Å². The highest BCUT2D eigenvalue weighted by Gasteiger charge is 2.39. The summed E-state index contributed by atoms with van der Waals surface area (Å²) in [5.41, 5.74) is 2.83. The van der Waals surface area contributed by atoms with Crippen LogP contribution in [0.15, 0.2) is 60.4 Å². The van der Waals surface area contributed by atoms with Crippen molar-refractivity contribution in [1.82, 2.24) is 24.6 Å². The van der Waals surface area contributed by atoms with Crippen LogP contribution in [0.1, 0.15) is 30.6 Å². The minimum absolute atomic E-state index is 0.188. The Morgan fingerprint density at radius 1 is 1.22 bits per heavy atom. The molecule has 3 aromatic heterocycles. The maximum atomic E-state index is 12.7. The Hall–Kier alpha value is -3.47. The summed E-state index contributed by atoms with van der Waals surface area (Å²) in [6, 6.07) is 11.9. The lowest BCUT2D eigenvalue weighted by molar-refractivity contribution is -0.122. The number of hydrogen-bond acceptors (Lipinski definition) is 7. The van der Waals surface area contributed by atoms with Gasteiger partial charge in [0.2, 0.25) is 0 Å². The molecule has 0 aliphatic carbocycles. The van der Waals surface area contributed by atoms with Gasteiger partial charge in [-0.05, 0) is 32.0 Å². The molecule has 36 heavy (non-hydrogen) atoms. The summed E-state index contributed by atoms with van der Waals surface area (Å²) in [4.78, 5) is 17.5. The Morgan fingerprint density at radius 2 is 2.00 bits per heavy atom. The van der Waals surface area contributed by atoms with Crippen LogP contribution in [0.3, 0.4) is 0 Å². The van der Waals surface area contributed by atoms with Crippen LogP contribution in [0.5, 0.6) is 0 Å².